The van der Waals surface area contributed by atoms with Gasteiger partial charge in [-0.15, -0.1) is 11.3 Å². The molecule has 2 nitrogen and oxygen atoms in total. The Hall–Kier alpha value is -0.350. The van der Waals surface area contributed by atoms with Crippen LogP contribution in [0.5, 0.6) is 0 Å². The number of thiophene rings is 1. The van der Waals surface area contributed by atoms with E-state index in [9.17, 15) is 4.79 Å². The first-order valence-corrected chi connectivity index (χ1v) is 5.68. The second-order valence-corrected chi connectivity index (χ2v) is 4.86. The minimum atomic E-state index is -0.767. The molecule has 1 atom stereocenters. The summed E-state index contributed by atoms with van der Waals surface area (Å²) in [5.41, 5.74) is 0. The molecule has 0 aromatic carbocycles. The third-order valence-electron chi connectivity index (χ3n) is 1.89. The van der Waals surface area contributed by atoms with Crippen molar-refractivity contribution in [2.75, 3.05) is 0 Å². The lowest BCUT2D eigenvalue weighted by atomic mass is 10.1. The van der Waals surface area contributed by atoms with Gasteiger partial charge in [-0.05, 0) is 35.3 Å². The number of carbonyl (C=O) groups is 1. The maximum atomic E-state index is 10.7. The number of hydrogen-bond donors (Lipinski definition) is 1. The highest BCUT2D eigenvalue weighted by Gasteiger charge is 2.17. The Morgan fingerprint density at radius 1 is 1.77 bits per heavy atom. The molecule has 1 rings (SSSR count). The van der Waals surface area contributed by atoms with Crippen molar-refractivity contribution in [2.45, 2.75) is 26.2 Å². The number of aryl methyl sites for hydroxylation is 1. The molecule has 0 saturated carbocycles. The number of halogens is 1. The van der Waals surface area contributed by atoms with Crippen LogP contribution in [0, 0.1) is 0 Å². The molecule has 1 aromatic rings. The standard InChI is InChI=1S/C9H11BrO2S/c1-3-7-6(10)4-8(13-7)5(2)9(11)12/h4-5H,3H2,1-2H3,(H,11,12). The Balaban J connectivity index is 2.96. The summed E-state index contributed by atoms with van der Waals surface area (Å²) in [4.78, 5) is 12.8. The lowest BCUT2D eigenvalue weighted by Crippen LogP contribution is -2.05. The second-order valence-electron chi connectivity index (χ2n) is 2.83. The molecule has 0 radical (unpaired) electrons. The molecule has 0 saturated heterocycles. The first-order chi connectivity index (χ1) is 6.06. The van der Waals surface area contributed by atoms with Gasteiger partial charge < -0.3 is 5.11 Å². The van der Waals surface area contributed by atoms with Crippen LogP contribution < -0.4 is 0 Å². The van der Waals surface area contributed by atoms with Gasteiger partial charge in [0.25, 0.3) is 0 Å². The topological polar surface area (TPSA) is 37.3 Å². The fraction of sp³-hybridized carbons (Fsp3) is 0.444. The summed E-state index contributed by atoms with van der Waals surface area (Å²) in [7, 11) is 0. The van der Waals surface area contributed by atoms with E-state index < -0.39 is 11.9 Å². The first kappa shape index (κ1) is 10.7. The van der Waals surface area contributed by atoms with Gasteiger partial charge in [-0.1, -0.05) is 6.92 Å². The molecule has 0 aliphatic heterocycles. The lowest BCUT2D eigenvalue weighted by molar-refractivity contribution is -0.138. The van der Waals surface area contributed by atoms with Crippen LogP contribution in [0.3, 0.4) is 0 Å². The van der Waals surface area contributed by atoms with Crippen LogP contribution >= 0.6 is 27.3 Å². The molecule has 13 heavy (non-hydrogen) atoms. The molecule has 0 fully saturated rings. The Labute approximate surface area is 89.7 Å². The normalized spacial score (nSPS) is 12.8. The van der Waals surface area contributed by atoms with Gasteiger partial charge >= 0.3 is 5.97 Å². The van der Waals surface area contributed by atoms with Crippen molar-refractivity contribution >= 4 is 33.2 Å². The van der Waals surface area contributed by atoms with E-state index in [4.69, 9.17) is 5.11 Å². The van der Waals surface area contributed by atoms with Crippen LogP contribution in [0.2, 0.25) is 0 Å². The fourth-order valence-corrected chi connectivity index (χ4v) is 2.96. The van der Waals surface area contributed by atoms with E-state index in [0.717, 1.165) is 15.8 Å². The number of hydrogen-bond acceptors (Lipinski definition) is 2. The summed E-state index contributed by atoms with van der Waals surface area (Å²) in [6.45, 7) is 3.77. The molecule has 1 unspecified atom stereocenters. The summed E-state index contributed by atoms with van der Waals surface area (Å²) in [6, 6.07) is 1.91. The van der Waals surface area contributed by atoms with Crippen molar-refractivity contribution in [2.24, 2.45) is 0 Å². The number of carboxylic acids is 1. The molecule has 0 amide bonds. The van der Waals surface area contributed by atoms with Gasteiger partial charge in [-0.25, -0.2) is 0 Å². The third kappa shape index (κ3) is 2.31. The Morgan fingerprint density at radius 2 is 2.38 bits per heavy atom. The molecular formula is C9H11BrO2S. The van der Waals surface area contributed by atoms with Gasteiger partial charge in [-0.2, -0.15) is 0 Å². The van der Waals surface area contributed by atoms with Crippen molar-refractivity contribution in [3.05, 3.63) is 20.3 Å². The van der Waals surface area contributed by atoms with E-state index in [0.29, 0.717) is 0 Å². The molecule has 0 aliphatic carbocycles. The fourth-order valence-electron chi connectivity index (χ4n) is 1.00. The van der Waals surface area contributed by atoms with Crippen LogP contribution in [-0.4, -0.2) is 11.1 Å². The van der Waals surface area contributed by atoms with Crippen molar-refractivity contribution in [3.8, 4) is 0 Å². The largest absolute Gasteiger partial charge is 0.481 e. The molecule has 4 heteroatoms. The highest BCUT2D eigenvalue weighted by atomic mass is 79.9. The van der Waals surface area contributed by atoms with Crippen LogP contribution in [0.15, 0.2) is 10.5 Å². The highest BCUT2D eigenvalue weighted by molar-refractivity contribution is 9.10. The van der Waals surface area contributed by atoms with Crippen molar-refractivity contribution in [1.82, 2.24) is 0 Å². The Morgan fingerprint density at radius 3 is 2.77 bits per heavy atom. The summed E-state index contributed by atoms with van der Waals surface area (Å²) in [5, 5.41) is 8.80. The van der Waals surface area contributed by atoms with Gasteiger partial charge in [0.15, 0.2) is 0 Å². The van der Waals surface area contributed by atoms with Crippen LogP contribution in [0.25, 0.3) is 0 Å². The molecular weight excluding hydrogens is 252 g/mol. The predicted molar refractivity (Wildman–Crippen MR) is 57.4 cm³/mol. The molecule has 0 bridgehead atoms. The molecule has 1 aromatic heterocycles. The lowest BCUT2D eigenvalue weighted by Gasteiger charge is -2.00. The molecule has 0 spiro atoms. The van der Waals surface area contributed by atoms with E-state index in [-0.39, 0.29) is 0 Å². The van der Waals surface area contributed by atoms with E-state index in [1.165, 1.54) is 4.88 Å². The van der Waals surface area contributed by atoms with E-state index >= 15 is 0 Å². The summed E-state index contributed by atoms with van der Waals surface area (Å²) in [6.07, 6.45) is 0.942. The van der Waals surface area contributed by atoms with Gasteiger partial charge in [0, 0.05) is 14.2 Å². The monoisotopic (exact) mass is 262 g/mol. The Kier molecular flexibility index (Phi) is 3.50. The summed E-state index contributed by atoms with van der Waals surface area (Å²) in [5.74, 6) is -1.17. The smallest absolute Gasteiger partial charge is 0.311 e. The van der Waals surface area contributed by atoms with Gasteiger partial charge in [0.2, 0.25) is 0 Å². The minimum absolute atomic E-state index is 0.401. The highest BCUT2D eigenvalue weighted by Crippen LogP contribution is 2.32. The van der Waals surface area contributed by atoms with Crippen molar-refractivity contribution in [3.63, 3.8) is 0 Å². The van der Waals surface area contributed by atoms with Gasteiger partial charge in [0.05, 0.1) is 5.92 Å². The number of carboxylic acid groups (broad SMARTS) is 1. The number of rotatable bonds is 3. The SMILES string of the molecule is CCc1sc(C(C)C(=O)O)cc1Br. The maximum Gasteiger partial charge on any atom is 0.311 e. The molecule has 1 N–H and O–H groups in total. The average Bonchev–Trinajstić information content (AvgIpc) is 2.45. The summed E-state index contributed by atoms with van der Waals surface area (Å²) < 4.78 is 1.03. The van der Waals surface area contributed by atoms with Crippen LogP contribution in [-0.2, 0) is 11.2 Å². The second kappa shape index (κ2) is 4.24. The predicted octanol–water partition coefficient (Wildman–Crippen LogP) is 3.26. The van der Waals surface area contributed by atoms with Crippen molar-refractivity contribution in [1.29, 1.82) is 0 Å². The molecule has 1 heterocycles. The molecule has 72 valence electrons. The van der Waals surface area contributed by atoms with E-state index in [2.05, 4.69) is 22.9 Å². The zero-order chi connectivity index (χ0) is 10.0. The quantitative estimate of drug-likeness (QED) is 0.908. The number of aliphatic carboxylic acids is 1. The zero-order valence-electron chi connectivity index (χ0n) is 7.50. The van der Waals surface area contributed by atoms with Gasteiger partial charge in [-0.3, -0.25) is 4.79 Å². The van der Waals surface area contributed by atoms with Crippen molar-refractivity contribution < 1.29 is 9.90 Å². The van der Waals surface area contributed by atoms with E-state index in [1.807, 2.05) is 6.07 Å². The van der Waals surface area contributed by atoms with Crippen LogP contribution in [0.4, 0.5) is 0 Å². The Bertz CT molecular complexity index is 319. The van der Waals surface area contributed by atoms with Crippen LogP contribution in [0.1, 0.15) is 29.5 Å². The first-order valence-electron chi connectivity index (χ1n) is 4.07. The molecule has 0 aliphatic rings. The van der Waals surface area contributed by atoms with Gasteiger partial charge in [0.1, 0.15) is 0 Å². The third-order valence-corrected chi connectivity index (χ3v) is 4.33. The minimum Gasteiger partial charge on any atom is -0.481 e. The maximum absolute atomic E-state index is 10.7. The zero-order valence-corrected chi connectivity index (χ0v) is 9.91. The summed E-state index contributed by atoms with van der Waals surface area (Å²) >= 11 is 4.98. The average molecular weight is 263 g/mol. The van der Waals surface area contributed by atoms with E-state index in [1.54, 1.807) is 18.3 Å².